The van der Waals surface area contributed by atoms with E-state index in [1.54, 1.807) is 6.07 Å². The zero-order chi connectivity index (χ0) is 20.8. The molecule has 4 rings (SSSR count). The van der Waals surface area contributed by atoms with Gasteiger partial charge in [0.15, 0.2) is 5.65 Å². The van der Waals surface area contributed by atoms with Gasteiger partial charge in [0.2, 0.25) is 15.0 Å². The minimum Gasteiger partial charge on any atom is -0.269 e. The second-order valence-electron chi connectivity index (χ2n) is 6.30. The summed E-state index contributed by atoms with van der Waals surface area (Å²) in [6.45, 7) is 0. The molecule has 0 atom stereocenters. The summed E-state index contributed by atoms with van der Waals surface area (Å²) in [6.07, 6.45) is 0.897. The summed E-state index contributed by atoms with van der Waals surface area (Å²) in [6, 6.07) is 13.7. The Balaban J connectivity index is 2.22. The minimum absolute atomic E-state index is 0.0152. The van der Waals surface area contributed by atoms with Crippen LogP contribution in [0.25, 0.3) is 28.0 Å². The fourth-order valence-electron chi connectivity index (χ4n) is 2.99. The van der Waals surface area contributed by atoms with E-state index >= 15 is 0 Å². The summed E-state index contributed by atoms with van der Waals surface area (Å²) in [5.74, 6) is -1.33. The molecule has 29 heavy (non-hydrogen) atoms. The summed E-state index contributed by atoms with van der Waals surface area (Å²) in [7, 11) is -3.91. The Labute approximate surface area is 164 Å². The van der Waals surface area contributed by atoms with Crippen molar-refractivity contribution >= 4 is 20.9 Å². The summed E-state index contributed by atoms with van der Waals surface area (Å²) >= 11 is 0. The first-order valence-corrected chi connectivity index (χ1v) is 10.3. The lowest BCUT2D eigenvalue weighted by atomic mass is 10.1. The van der Waals surface area contributed by atoms with Crippen LogP contribution in [0.1, 0.15) is 0 Å². The molecule has 0 N–H and O–H groups in total. The van der Waals surface area contributed by atoms with Crippen LogP contribution in [0.3, 0.4) is 0 Å². The topological polar surface area (TPSA) is 81.9 Å². The van der Waals surface area contributed by atoms with Gasteiger partial charge >= 0.3 is 0 Å². The van der Waals surface area contributed by atoms with Gasteiger partial charge in [-0.15, -0.1) is 0 Å². The molecule has 0 saturated heterocycles. The Hall–Kier alpha value is -3.46. The number of rotatable bonds is 3. The molecule has 2 heterocycles. The third-order valence-electron chi connectivity index (χ3n) is 4.28. The SMILES string of the molecule is CS(=O)(=O)c1nc(-c2ccccc2F)c2ccc(=O)n(-c3ccccc3F)c2n1. The molecule has 0 unspecified atom stereocenters. The van der Waals surface area contributed by atoms with Gasteiger partial charge in [-0.1, -0.05) is 24.3 Å². The fraction of sp³-hybridized carbons (Fsp3) is 0.0500. The molecule has 0 spiro atoms. The number of para-hydroxylation sites is 1. The lowest BCUT2D eigenvalue weighted by Crippen LogP contribution is -2.21. The molecule has 2 aromatic carbocycles. The second kappa shape index (κ2) is 6.85. The monoisotopic (exact) mass is 413 g/mol. The summed E-state index contributed by atoms with van der Waals surface area (Å²) < 4.78 is 54.2. The molecule has 0 fully saturated rings. The van der Waals surface area contributed by atoms with Crippen LogP contribution in [0, 0.1) is 11.6 Å². The molecule has 2 aromatic heterocycles. The van der Waals surface area contributed by atoms with Gasteiger partial charge in [0.25, 0.3) is 5.56 Å². The van der Waals surface area contributed by atoms with Crippen molar-refractivity contribution in [3.63, 3.8) is 0 Å². The lowest BCUT2D eigenvalue weighted by Gasteiger charge is -2.14. The standard InChI is InChI=1S/C20H13F2N3O3S/c1-29(27,28)20-23-18(12-6-2-3-7-14(12)21)13-10-11-17(26)25(19(13)24-20)16-9-5-4-8-15(16)22/h2-11H,1H3. The molecule has 4 aromatic rings. The highest BCUT2D eigenvalue weighted by Gasteiger charge is 2.21. The number of nitrogens with zero attached hydrogens (tertiary/aromatic N) is 3. The molecule has 9 heteroatoms. The van der Waals surface area contributed by atoms with Crippen LogP contribution in [0.4, 0.5) is 8.78 Å². The quantitative estimate of drug-likeness (QED) is 0.482. The largest absolute Gasteiger partial charge is 0.269 e. The number of benzene rings is 2. The van der Waals surface area contributed by atoms with E-state index in [0.717, 1.165) is 16.9 Å². The van der Waals surface area contributed by atoms with Crippen LogP contribution >= 0.6 is 0 Å². The van der Waals surface area contributed by atoms with E-state index < -0.39 is 32.2 Å². The highest BCUT2D eigenvalue weighted by Crippen LogP contribution is 2.29. The molecule has 0 aliphatic carbocycles. The normalized spacial score (nSPS) is 11.7. The first-order chi connectivity index (χ1) is 13.8. The van der Waals surface area contributed by atoms with Gasteiger partial charge < -0.3 is 0 Å². The number of hydrogen-bond acceptors (Lipinski definition) is 5. The van der Waals surface area contributed by atoms with E-state index in [1.165, 1.54) is 48.5 Å². The maximum atomic E-state index is 14.5. The predicted octanol–water partition coefficient (Wildman–Crippen LogP) is 3.13. The molecule has 6 nitrogen and oxygen atoms in total. The smallest absolute Gasteiger partial charge is 0.256 e. The van der Waals surface area contributed by atoms with Gasteiger partial charge in [-0.25, -0.2) is 22.2 Å². The van der Waals surface area contributed by atoms with Gasteiger partial charge in [0.1, 0.15) is 11.6 Å². The molecule has 0 aliphatic heterocycles. The van der Waals surface area contributed by atoms with E-state index in [2.05, 4.69) is 9.97 Å². The number of aromatic nitrogens is 3. The molecular weight excluding hydrogens is 400 g/mol. The Morgan fingerprint density at radius 1 is 0.862 bits per heavy atom. The van der Waals surface area contributed by atoms with Gasteiger partial charge in [0.05, 0.1) is 11.4 Å². The minimum atomic E-state index is -3.91. The van der Waals surface area contributed by atoms with Crippen LogP contribution in [0.5, 0.6) is 0 Å². The van der Waals surface area contributed by atoms with E-state index in [-0.39, 0.29) is 28.0 Å². The summed E-state index contributed by atoms with van der Waals surface area (Å²) in [5.41, 5.74) is -0.862. The van der Waals surface area contributed by atoms with Crippen molar-refractivity contribution in [1.82, 2.24) is 14.5 Å². The van der Waals surface area contributed by atoms with Crippen LogP contribution in [-0.4, -0.2) is 29.2 Å². The zero-order valence-electron chi connectivity index (χ0n) is 15.0. The second-order valence-corrected chi connectivity index (χ2v) is 8.21. The number of halogens is 2. The first kappa shape index (κ1) is 18.9. The van der Waals surface area contributed by atoms with E-state index in [0.29, 0.717) is 0 Å². The van der Waals surface area contributed by atoms with Crippen molar-refractivity contribution < 1.29 is 17.2 Å². The van der Waals surface area contributed by atoms with Crippen molar-refractivity contribution in [2.45, 2.75) is 5.16 Å². The van der Waals surface area contributed by atoms with Crippen molar-refractivity contribution in [3.8, 4) is 16.9 Å². The average Bonchev–Trinajstić information content (AvgIpc) is 2.68. The van der Waals surface area contributed by atoms with Crippen molar-refractivity contribution in [2.75, 3.05) is 6.26 Å². The van der Waals surface area contributed by atoms with Crippen molar-refractivity contribution in [2.24, 2.45) is 0 Å². The van der Waals surface area contributed by atoms with Gasteiger partial charge in [-0.3, -0.25) is 9.36 Å². The van der Waals surface area contributed by atoms with Crippen LogP contribution in [0.2, 0.25) is 0 Å². The highest BCUT2D eigenvalue weighted by atomic mass is 32.2. The van der Waals surface area contributed by atoms with E-state index in [1.807, 2.05) is 0 Å². The molecule has 0 amide bonds. The third kappa shape index (κ3) is 3.29. The molecule has 0 saturated carbocycles. The number of sulfone groups is 1. The average molecular weight is 413 g/mol. The Morgan fingerprint density at radius 2 is 1.52 bits per heavy atom. The summed E-state index contributed by atoms with van der Waals surface area (Å²) in [4.78, 5) is 20.6. The predicted molar refractivity (Wildman–Crippen MR) is 104 cm³/mol. The zero-order valence-corrected chi connectivity index (χ0v) is 15.8. The van der Waals surface area contributed by atoms with E-state index in [9.17, 15) is 22.0 Å². The third-order valence-corrected chi connectivity index (χ3v) is 5.13. The fourth-order valence-corrected chi connectivity index (χ4v) is 3.49. The lowest BCUT2D eigenvalue weighted by molar-refractivity contribution is 0.593. The summed E-state index contributed by atoms with van der Waals surface area (Å²) in [5, 5.41) is -0.399. The molecule has 0 radical (unpaired) electrons. The molecule has 0 bridgehead atoms. The Bertz CT molecular complexity index is 1430. The van der Waals surface area contributed by atoms with E-state index in [4.69, 9.17) is 0 Å². The van der Waals surface area contributed by atoms with Crippen LogP contribution in [0.15, 0.2) is 70.6 Å². The Kier molecular flexibility index (Phi) is 4.46. The molecular formula is C20H13F2N3O3S. The highest BCUT2D eigenvalue weighted by molar-refractivity contribution is 7.90. The van der Waals surface area contributed by atoms with Gasteiger partial charge in [-0.2, -0.15) is 4.98 Å². The van der Waals surface area contributed by atoms with Crippen molar-refractivity contribution in [3.05, 3.63) is 82.7 Å². The maximum Gasteiger partial charge on any atom is 0.256 e. The Morgan fingerprint density at radius 3 is 2.17 bits per heavy atom. The van der Waals surface area contributed by atoms with Crippen LogP contribution in [-0.2, 0) is 9.84 Å². The molecule has 146 valence electrons. The first-order valence-electron chi connectivity index (χ1n) is 8.41. The maximum absolute atomic E-state index is 14.5. The number of hydrogen-bond donors (Lipinski definition) is 0. The molecule has 0 aliphatic rings. The van der Waals surface area contributed by atoms with Gasteiger partial charge in [0, 0.05) is 23.3 Å². The number of pyridine rings is 1. The number of fused-ring (bicyclic) bond motifs is 1. The van der Waals surface area contributed by atoms with Crippen molar-refractivity contribution in [1.29, 1.82) is 0 Å². The van der Waals surface area contributed by atoms with Gasteiger partial charge in [-0.05, 0) is 30.3 Å². The van der Waals surface area contributed by atoms with Crippen LogP contribution < -0.4 is 5.56 Å².